The van der Waals surface area contributed by atoms with Crippen molar-refractivity contribution in [3.8, 4) is 5.75 Å². The summed E-state index contributed by atoms with van der Waals surface area (Å²) < 4.78 is 31.8. The van der Waals surface area contributed by atoms with Gasteiger partial charge in [-0.05, 0) is 42.7 Å². The molecule has 0 bridgehead atoms. The topological polar surface area (TPSA) is 91.8 Å². The van der Waals surface area contributed by atoms with Crippen LogP contribution in [0.3, 0.4) is 0 Å². The number of aliphatic imine (C=N–C) groups is 1. The van der Waals surface area contributed by atoms with Crippen LogP contribution in [0.15, 0.2) is 53.5 Å². The third-order valence-electron chi connectivity index (χ3n) is 4.10. The van der Waals surface area contributed by atoms with Gasteiger partial charge in [-0.2, -0.15) is 0 Å². The maximum absolute atomic E-state index is 12.0. The Balaban J connectivity index is 0.00000450. The summed E-state index contributed by atoms with van der Waals surface area (Å²) in [6.45, 7) is 4.84. The molecule has 0 fully saturated rings. The van der Waals surface area contributed by atoms with Gasteiger partial charge in [-0.15, -0.1) is 24.0 Å². The molecule has 166 valence electrons. The molecule has 7 nitrogen and oxygen atoms in total. The number of sulfonamides is 1. The van der Waals surface area contributed by atoms with E-state index in [4.69, 9.17) is 4.74 Å². The molecular weight excluding hydrogens is 515 g/mol. The van der Waals surface area contributed by atoms with Gasteiger partial charge in [-0.3, -0.25) is 4.99 Å². The highest BCUT2D eigenvalue weighted by Gasteiger charge is 2.12. The van der Waals surface area contributed by atoms with Crippen molar-refractivity contribution in [1.29, 1.82) is 0 Å². The minimum absolute atomic E-state index is 0. The molecule has 0 aromatic heterocycles. The minimum Gasteiger partial charge on any atom is -0.497 e. The van der Waals surface area contributed by atoms with Crippen molar-refractivity contribution in [3.05, 3.63) is 65.2 Å². The molecule has 0 radical (unpaired) electrons. The summed E-state index contributed by atoms with van der Waals surface area (Å²) in [5, 5.41) is 6.52. The third kappa shape index (κ3) is 9.31. The van der Waals surface area contributed by atoms with Crippen LogP contribution in [0.4, 0.5) is 0 Å². The fourth-order valence-electron chi connectivity index (χ4n) is 2.71. The van der Waals surface area contributed by atoms with Crippen molar-refractivity contribution in [2.75, 3.05) is 14.2 Å². The Hall–Kier alpha value is -1.85. The first-order valence-electron chi connectivity index (χ1n) is 9.46. The average Bonchev–Trinajstić information content (AvgIpc) is 2.68. The Labute approximate surface area is 196 Å². The number of halogens is 1. The van der Waals surface area contributed by atoms with Crippen molar-refractivity contribution in [1.82, 2.24) is 15.4 Å². The second-order valence-electron chi connectivity index (χ2n) is 6.98. The minimum atomic E-state index is -3.32. The second kappa shape index (κ2) is 12.8. The maximum Gasteiger partial charge on any atom is 0.216 e. The van der Waals surface area contributed by atoms with Crippen LogP contribution in [0.25, 0.3) is 0 Å². The summed E-state index contributed by atoms with van der Waals surface area (Å²) in [5.41, 5.74) is 2.91. The van der Waals surface area contributed by atoms with E-state index in [2.05, 4.69) is 20.3 Å². The zero-order valence-corrected chi connectivity index (χ0v) is 21.0. The zero-order chi connectivity index (χ0) is 21.3. The molecule has 30 heavy (non-hydrogen) atoms. The summed E-state index contributed by atoms with van der Waals surface area (Å²) >= 11 is 0. The molecule has 0 aliphatic heterocycles. The zero-order valence-electron chi connectivity index (χ0n) is 17.8. The van der Waals surface area contributed by atoms with Gasteiger partial charge in [0.15, 0.2) is 5.96 Å². The highest BCUT2D eigenvalue weighted by atomic mass is 127. The van der Waals surface area contributed by atoms with Gasteiger partial charge in [0.05, 0.1) is 12.9 Å². The highest BCUT2D eigenvalue weighted by Crippen LogP contribution is 2.11. The predicted molar refractivity (Wildman–Crippen MR) is 133 cm³/mol. The Bertz CT molecular complexity index is 899. The van der Waals surface area contributed by atoms with E-state index in [-0.39, 0.29) is 35.8 Å². The molecule has 0 amide bonds. The Kier molecular flexibility index (Phi) is 11.1. The fourth-order valence-corrected chi connectivity index (χ4v) is 4.14. The first-order valence-corrected chi connectivity index (χ1v) is 11.1. The summed E-state index contributed by atoms with van der Waals surface area (Å²) in [6, 6.07) is 15.3. The fraction of sp³-hybridized carbons (Fsp3) is 0.381. The number of guanidine groups is 1. The van der Waals surface area contributed by atoms with Crippen LogP contribution in [0, 0.1) is 0 Å². The lowest BCUT2D eigenvalue weighted by molar-refractivity contribution is 0.414. The van der Waals surface area contributed by atoms with Gasteiger partial charge in [0.1, 0.15) is 5.75 Å². The van der Waals surface area contributed by atoms with E-state index in [9.17, 15) is 8.42 Å². The number of hydrogen-bond acceptors (Lipinski definition) is 4. The van der Waals surface area contributed by atoms with Gasteiger partial charge < -0.3 is 15.4 Å². The molecule has 0 unspecified atom stereocenters. The van der Waals surface area contributed by atoms with Crippen LogP contribution >= 0.6 is 24.0 Å². The van der Waals surface area contributed by atoms with E-state index in [0.717, 1.165) is 22.4 Å². The summed E-state index contributed by atoms with van der Waals surface area (Å²) in [4.78, 5) is 4.23. The van der Waals surface area contributed by atoms with Gasteiger partial charge in [0.25, 0.3) is 0 Å². The molecule has 0 heterocycles. The lowest BCUT2D eigenvalue weighted by atomic mass is 10.1. The first kappa shape index (κ1) is 26.2. The quantitative estimate of drug-likeness (QED) is 0.256. The summed E-state index contributed by atoms with van der Waals surface area (Å²) in [7, 11) is 0.0499. The van der Waals surface area contributed by atoms with Crippen molar-refractivity contribution >= 4 is 40.0 Å². The number of benzene rings is 2. The van der Waals surface area contributed by atoms with Crippen molar-refractivity contribution in [3.63, 3.8) is 0 Å². The standard InChI is InChI=1S/C21H30N4O3S.HI/c1-16(2)25-29(26,27)15-19-7-5-17(6-8-19)13-23-21(22-3)24-14-18-9-11-20(28-4)12-10-18;/h5-12,16,25H,13-15H2,1-4H3,(H2,22,23,24);1H. The van der Waals surface area contributed by atoms with Gasteiger partial charge in [0.2, 0.25) is 10.0 Å². The monoisotopic (exact) mass is 546 g/mol. The molecule has 0 atom stereocenters. The number of methoxy groups -OCH3 is 1. The molecule has 0 spiro atoms. The van der Waals surface area contributed by atoms with Crippen LogP contribution in [-0.2, 0) is 28.9 Å². The Morgan fingerprint density at radius 2 is 1.40 bits per heavy atom. The second-order valence-corrected chi connectivity index (χ2v) is 8.73. The number of nitrogens with zero attached hydrogens (tertiary/aromatic N) is 1. The van der Waals surface area contributed by atoms with Gasteiger partial charge in [0, 0.05) is 26.2 Å². The molecule has 2 aromatic carbocycles. The predicted octanol–water partition coefficient (Wildman–Crippen LogP) is 3.01. The van der Waals surface area contributed by atoms with E-state index in [1.165, 1.54) is 0 Å². The molecule has 3 N–H and O–H groups in total. The van der Waals surface area contributed by atoms with E-state index >= 15 is 0 Å². The normalized spacial score (nSPS) is 11.7. The van der Waals surface area contributed by atoms with Gasteiger partial charge in [-0.1, -0.05) is 36.4 Å². The molecule has 0 saturated carbocycles. The van der Waals surface area contributed by atoms with Crippen LogP contribution in [0.2, 0.25) is 0 Å². The molecule has 2 aromatic rings. The van der Waals surface area contributed by atoms with Crippen molar-refractivity contribution in [2.45, 2.75) is 38.7 Å². The van der Waals surface area contributed by atoms with Crippen LogP contribution in [-0.4, -0.2) is 34.6 Å². The smallest absolute Gasteiger partial charge is 0.216 e. The average molecular weight is 546 g/mol. The van der Waals surface area contributed by atoms with Crippen LogP contribution in [0.5, 0.6) is 5.75 Å². The van der Waals surface area contributed by atoms with E-state index in [0.29, 0.717) is 19.0 Å². The SMILES string of the molecule is CN=C(NCc1ccc(CS(=O)(=O)NC(C)C)cc1)NCc1ccc(OC)cc1.I. The summed E-state index contributed by atoms with van der Waals surface area (Å²) in [6.07, 6.45) is 0. The van der Waals surface area contributed by atoms with Gasteiger partial charge in [-0.25, -0.2) is 13.1 Å². The Morgan fingerprint density at radius 3 is 1.83 bits per heavy atom. The summed E-state index contributed by atoms with van der Waals surface area (Å²) in [5.74, 6) is 1.49. The molecule has 0 aliphatic carbocycles. The Morgan fingerprint density at radius 1 is 0.933 bits per heavy atom. The van der Waals surface area contributed by atoms with Crippen LogP contribution < -0.4 is 20.1 Å². The molecular formula is C21H31IN4O3S. The lowest BCUT2D eigenvalue weighted by Gasteiger charge is -2.13. The van der Waals surface area contributed by atoms with E-state index < -0.39 is 10.0 Å². The van der Waals surface area contributed by atoms with Crippen molar-refractivity contribution in [2.24, 2.45) is 4.99 Å². The first-order chi connectivity index (χ1) is 13.8. The van der Waals surface area contributed by atoms with E-state index in [1.807, 2.05) is 62.4 Å². The molecule has 2 rings (SSSR count). The maximum atomic E-state index is 12.0. The van der Waals surface area contributed by atoms with Crippen LogP contribution in [0.1, 0.15) is 30.5 Å². The molecule has 0 saturated heterocycles. The third-order valence-corrected chi connectivity index (χ3v) is 5.64. The van der Waals surface area contributed by atoms with Crippen molar-refractivity contribution < 1.29 is 13.2 Å². The molecule has 9 heteroatoms. The molecule has 0 aliphatic rings. The van der Waals surface area contributed by atoms with Gasteiger partial charge >= 0.3 is 0 Å². The largest absolute Gasteiger partial charge is 0.497 e. The number of ether oxygens (including phenoxy) is 1. The number of rotatable bonds is 9. The number of hydrogen-bond donors (Lipinski definition) is 3. The lowest BCUT2D eigenvalue weighted by Crippen LogP contribution is -2.36. The van der Waals surface area contributed by atoms with E-state index in [1.54, 1.807) is 14.2 Å². The number of nitrogens with one attached hydrogen (secondary N) is 3. The highest BCUT2D eigenvalue weighted by molar-refractivity contribution is 14.0.